The summed E-state index contributed by atoms with van der Waals surface area (Å²) in [5.41, 5.74) is 3.88. The molecule has 0 aromatic heterocycles. The van der Waals surface area contributed by atoms with Crippen LogP contribution in [0.25, 0.3) is 17.2 Å². The van der Waals surface area contributed by atoms with Crippen LogP contribution in [0.15, 0.2) is 77.7 Å². The Bertz CT molecular complexity index is 1180. The molecule has 0 aliphatic carbocycles. The van der Waals surface area contributed by atoms with Crippen LogP contribution in [0.1, 0.15) is 18.1 Å². The maximum atomic E-state index is 12.2. The van der Waals surface area contributed by atoms with Gasteiger partial charge in [0.25, 0.3) is 5.91 Å². The topological polar surface area (TPSA) is 56.8 Å². The fraction of sp³-hybridized carbons (Fsp3) is 0.154. The van der Waals surface area contributed by atoms with Gasteiger partial charge in [0.2, 0.25) is 0 Å². The van der Waals surface area contributed by atoms with Crippen molar-refractivity contribution in [2.24, 2.45) is 0 Å². The molecule has 0 radical (unpaired) electrons. The fourth-order valence-electron chi connectivity index (χ4n) is 3.24. The Morgan fingerprint density at radius 2 is 1.76 bits per heavy atom. The highest BCUT2D eigenvalue weighted by Crippen LogP contribution is 2.33. The number of amides is 1. The lowest BCUT2D eigenvalue weighted by Crippen LogP contribution is -2.17. The van der Waals surface area contributed by atoms with E-state index in [1.54, 1.807) is 7.11 Å². The molecule has 0 bridgehead atoms. The predicted molar refractivity (Wildman–Crippen MR) is 136 cm³/mol. The third kappa shape index (κ3) is 6.01. The molecule has 1 aliphatic heterocycles. The van der Waals surface area contributed by atoms with Crippen molar-refractivity contribution in [1.82, 2.24) is 5.32 Å². The average molecular weight is 478 g/mol. The molecule has 1 atom stereocenters. The number of thioether (sulfide) groups is 1. The number of ether oxygens (including phenoxy) is 3. The predicted octanol–water partition coefficient (Wildman–Crippen LogP) is 5.79. The smallest absolute Gasteiger partial charge is 0.263 e. The molecular weight excluding hydrogens is 454 g/mol. The van der Waals surface area contributed by atoms with E-state index < -0.39 is 0 Å². The van der Waals surface area contributed by atoms with Crippen LogP contribution in [0, 0.1) is 0 Å². The van der Waals surface area contributed by atoms with E-state index in [4.69, 9.17) is 26.4 Å². The molecule has 0 spiro atoms. The first kappa shape index (κ1) is 23.0. The van der Waals surface area contributed by atoms with Gasteiger partial charge >= 0.3 is 0 Å². The van der Waals surface area contributed by atoms with Gasteiger partial charge in [0.05, 0.1) is 4.91 Å². The van der Waals surface area contributed by atoms with Gasteiger partial charge in [0.15, 0.2) is 6.29 Å². The van der Waals surface area contributed by atoms with E-state index in [0.717, 1.165) is 28.0 Å². The minimum Gasteiger partial charge on any atom is -0.488 e. The van der Waals surface area contributed by atoms with Gasteiger partial charge in [-0.2, -0.15) is 0 Å². The van der Waals surface area contributed by atoms with Gasteiger partial charge in [-0.1, -0.05) is 72.5 Å². The maximum Gasteiger partial charge on any atom is 0.263 e. The van der Waals surface area contributed by atoms with Gasteiger partial charge in [0.1, 0.15) is 22.4 Å². The molecule has 3 aromatic carbocycles. The molecule has 5 nitrogen and oxygen atoms in total. The van der Waals surface area contributed by atoms with Crippen molar-refractivity contribution >= 4 is 40.3 Å². The standard InChI is InChI=1S/C26H23NO4S2/c1-17(29-2)31-22-11-8-19(9-12-22)20-10-13-23(30-16-18-6-4-3-5-7-18)21(14-20)15-24-25(28)27-26(32)33-24/h3-15,17H,16H2,1-2H3,(H,27,28,32). The van der Waals surface area contributed by atoms with Crippen molar-refractivity contribution in [3.05, 3.63) is 88.8 Å². The molecule has 1 fully saturated rings. The van der Waals surface area contributed by atoms with Crippen molar-refractivity contribution in [1.29, 1.82) is 0 Å². The molecule has 1 N–H and O–H groups in total. The number of hydrogen-bond donors (Lipinski definition) is 1. The summed E-state index contributed by atoms with van der Waals surface area (Å²) >= 11 is 6.38. The average Bonchev–Trinajstić information content (AvgIpc) is 3.15. The highest BCUT2D eigenvalue weighted by atomic mass is 32.2. The Labute approximate surface area is 202 Å². The van der Waals surface area contributed by atoms with Gasteiger partial charge in [-0.25, -0.2) is 0 Å². The van der Waals surface area contributed by atoms with E-state index in [1.165, 1.54) is 11.8 Å². The number of carbonyl (C=O) groups is 1. The number of thiocarbonyl (C=S) groups is 1. The Hall–Kier alpha value is -3.13. The summed E-state index contributed by atoms with van der Waals surface area (Å²) in [6.45, 7) is 2.27. The van der Waals surface area contributed by atoms with Crippen LogP contribution in [-0.4, -0.2) is 23.6 Å². The highest BCUT2D eigenvalue weighted by Gasteiger charge is 2.22. The van der Waals surface area contributed by atoms with Gasteiger partial charge in [-0.05, 0) is 54.0 Å². The lowest BCUT2D eigenvalue weighted by Gasteiger charge is -2.14. The Morgan fingerprint density at radius 3 is 2.42 bits per heavy atom. The van der Waals surface area contributed by atoms with Crippen molar-refractivity contribution < 1.29 is 19.0 Å². The zero-order valence-corrected chi connectivity index (χ0v) is 19.9. The second-order valence-corrected chi connectivity index (χ2v) is 9.04. The number of methoxy groups -OCH3 is 1. The monoisotopic (exact) mass is 477 g/mol. The van der Waals surface area contributed by atoms with Crippen LogP contribution in [0.3, 0.4) is 0 Å². The zero-order valence-electron chi connectivity index (χ0n) is 18.2. The van der Waals surface area contributed by atoms with Crippen LogP contribution >= 0.6 is 24.0 Å². The lowest BCUT2D eigenvalue weighted by atomic mass is 10.0. The number of benzene rings is 3. The minimum absolute atomic E-state index is 0.196. The molecule has 0 saturated carbocycles. The molecule has 1 amide bonds. The Kier molecular flexibility index (Phi) is 7.44. The zero-order chi connectivity index (χ0) is 23.2. The first-order valence-corrected chi connectivity index (χ1v) is 11.6. The van der Waals surface area contributed by atoms with Gasteiger partial charge in [-0.15, -0.1) is 0 Å². The third-order valence-electron chi connectivity index (χ3n) is 5.00. The van der Waals surface area contributed by atoms with E-state index in [-0.39, 0.29) is 12.2 Å². The summed E-state index contributed by atoms with van der Waals surface area (Å²) in [5.74, 6) is 1.22. The fourth-order valence-corrected chi connectivity index (χ4v) is 4.27. The Morgan fingerprint density at radius 1 is 1.03 bits per heavy atom. The van der Waals surface area contributed by atoms with Gasteiger partial charge in [0, 0.05) is 12.7 Å². The molecule has 33 heavy (non-hydrogen) atoms. The van der Waals surface area contributed by atoms with Gasteiger partial charge < -0.3 is 19.5 Å². The summed E-state index contributed by atoms with van der Waals surface area (Å²) in [6.07, 6.45) is 1.50. The summed E-state index contributed by atoms with van der Waals surface area (Å²) in [5, 5.41) is 2.66. The second-order valence-electron chi connectivity index (χ2n) is 7.32. The third-order valence-corrected chi connectivity index (χ3v) is 6.16. The largest absolute Gasteiger partial charge is 0.488 e. The van der Waals surface area contributed by atoms with Crippen LogP contribution in [-0.2, 0) is 16.1 Å². The number of nitrogens with one attached hydrogen (secondary N) is 1. The number of rotatable bonds is 8. The van der Waals surface area contributed by atoms with Crippen LogP contribution in [0.4, 0.5) is 0 Å². The van der Waals surface area contributed by atoms with Crippen molar-refractivity contribution in [2.75, 3.05) is 7.11 Å². The van der Waals surface area contributed by atoms with E-state index in [9.17, 15) is 4.79 Å². The SMILES string of the molecule is COC(C)Oc1ccc(-c2ccc(OCc3ccccc3)c(C=C3SC(=S)NC3=O)c2)cc1. The lowest BCUT2D eigenvalue weighted by molar-refractivity contribution is -0.115. The van der Waals surface area contributed by atoms with E-state index in [1.807, 2.05) is 85.8 Å². The van der Waals surface area contributed by atoms with Crippen LogP contribution in [0.5, 0.6) is 11.5 Å². The second kappa shape index (κ2) is 10.7. The summed E-state index contributed by atoms with van der Waals surface area (Å²) < 4.78 is 17.4. The molecule has 1 aliphatic rings. The number of hydrogen-bond acceptors (Lipinski definition) is 6. The maximum absolute atomic E-state index is 12.2. The van der Waals surface area contributed by atoms with E-state index in [2.05, 4.69) is 5.32 Å². The quantitative estimate of drug-likeness (QED) is 0.252. The summed E-state index contributed by atoms with van der Waals surface area (Å²) in [6, 6.07) is 23.7. The number of carbonyl (C=O) groups excluding carboxylic acids is 1. The van der Waals surface area contributed by atoms with E-state index >= 15 is 0 Å². The normalized spacial score (nSPS) is 15.4. The van der Waals surface area contributed by atoms with E-state index in [0.29, 0.717) is 21.6 Å². The molecule has 168 valence electrons. The Balaban J connectivity index is 1.63. The molecule has 4 rings (SSSR count). The highest BCUT2D eigenvalue weighted by molar-refractivity contribution is 8.26. The van der Waals surface area contributed by atoms with Crippen LogP contribution in [0.2, 0.25) is 0 Å². The summed E-state index contributed by atoms with van der Waals surface area (Å²) in [7, 11) is 1.60. The summed E-state index contributed by atoms with van der Waals surface area (Å²) in [4.78, 5) is 12.8. The first-order valence-electron chi connectivity index (χ1n) is 10.4. The van der Waals surface area contributed by atoms with Crippen molar-refractivity contribution in [3.63, 3.8) is 0 Å². The molecule has 1 heterocycles. The van der Waals surface area contributed by atoms with Crippen molar-refractivity contribution in [3.8, 4) is 22.6 Å². The van der Waals surface area contributed by atoms with Gasteiger partial charge in [-0.3, -0.25) is 4.79 Å². The van der Waals surface area contributed by atoms with Crippen LogP contribution < -0.4 is 14.8 Å². The molecule has 1 unspecified atom stereocenters. The molecule has 3 aromatic rings. The van der Waals surface area contributed by atoms with Crippen molar-refractivity contribution in [2.45, 2.75) is 19.8 Å². The minimum atomic E-state index is -0.323. The molecule has 1 saturated heterocycles. The molecule has 7 heteroatoms. The first-order chi connectivity index (χ1) is 16.0. The molecular formula is C26H23NO4S2.